The lowest BCUT2D eigenvalue weighted by Crippen LogP contribution is -2.46. The monoisotopic (exact) mass is 692 g/mol. The summed E-state index contributed by atoms with van der Waals surface area (Å²) in [5.74, 6) is -1.66. The fraction of sp³-hybridized carbons (Fsp3) is 0.556. The molecule has 4 aliphatic rings. The third kappa shape index (κ3) is 7.55. The molecule has 3 atom stereocenters. The number of sulfonamides is 1. The number of carboxylic acid groups (broad SMARTS) is 1. The predicted molar refractivity (Wildman–Crippen MR) is 179 cm³/mol. The van der Waals surface area contributed by atoms with Crippen molar-refractivity contribution in [1.82, 2.24) is 14.1 Å². The van der Waals surface area contributed by atoms with Crippen molar-refractivity contribution in [3.05, 3.63) is 70.8 Å². The second kappa shape index (κ2) is 14.4. The minimum atomic E-state index is -3.85. The summed E-state index contributed by atoms with van der Waals surface area (Å²) in [4.78, 5) is 41.7. The molecule has 13 heteroatoms. The van der Waals surface area contributed by atoms with Crippen molar-refractivity contribution in [2.75, 3.05) is 45.1 Å². The van der Waals surface area contributed by atoms with Crippen LogP contribution in [0.4, 0.5) is 9.59 Å². The number of likely N-dealkylation sites (tertiary alicyclic amines) is 2. The number of nitrogens with zero attached hydrogens (tertiary/aromatic N) is 4. The van der Waals surface area contributed by atoms with E-state index in [0.717, 1.165) is 23.1 Å². The van der Waals surface area contributed by atoms with Gasteiger partial charge in [-0.2, -0.15) is 5.26 Å². The highest BCUT2D eigenvalue weighted by molar-refractivity contribution is 7.89. The quantitative estimate of drug-likeness (QED) is 0.393. The lowest BCUT2D eigenvalue weighted by molar-refractivity contribution is -0.147. The molecule has 49 heavy (non-hydrogen) atoms. The number of benzene rings is 2. The SMILES string of the molecule is Cc1cc(C#N)ccc1C1CCN(S(=O)(=O)CC2(C(=O)O)C[C@H]3CN(C(=O)OC[C@@H]4CCCN4C(=O)OCc4ccccc4)C[C@@H]3C2)CC1. The molecule has 262 valence electrons. The first-order valence-electron chi connectivity index (χ1n) is 17.1. The molecule has 6 rings (SSSR count). The molecule has 2 amide bonds. The van der Waals surface area contributed by atoms with Gasteiger partial charge in [-0.25, -0.2) is 22.3 Å². The number of hydrogen-bond donors (Lipinski definition) is 1. The topological polar surface area (TPSA) is 158 Å². The number of rotatable bonds is 9. The van der Waals surface area contributed by atoms with Crippen LogP contribution in [0.2, 0.25) is 0 Å². The normalized spacial score (nSPS) is 24.0. The number of aryl methyl sites for hydroxylation is 1. The summed E-state index contributed by atoms with van der Waals surface area (Å²) in [5, 5.41) is 19.5. The van der Waals surface area contributed by atoms with Crippen LogP contribution in [0, 0.1) is 35.5 Å². The maximum atomic E-state index is 13.6. The van der Waals surface area contributed by atoms with Crippen molar-refractivity contribution in [2.45, 2.75) is 64.0 Å². The first-order chi connectivity index (χ1) is 23.5. The maximum Gasteiger partial charge on any atom is 0.410 e. The van der Waals surface area contributed by atoms with E-state index in [1.807, 2.05) is 49.4 Å². The molecule has 0 aromatic heterocycles. The Morgan fingerprint density at radius 1 is 0.959 bits per heavy atom. The zero-order valence-corrected chi connectivity index (χ0v) is 28.6. The Balaban J connectivity index is 0.987. The van der Waals surface area contributed by atoms with E-state index < -0.39 is 39.3 Å². The van der Waals surface area contributed by atoms with Gasteiger partial charge in [-0.3, -0.25) is 4.79 Å². The van der Waals surface area contributed by atoms with Crippen molar-refractivity contribution < 1.29 is 37.4 Å². The van der Waals surface area contributed by atoms with E-state index in [1.165, 1.54) is 4.31 Å². The molecule has 2 aromatic rings. The predicted octanol–water partition coefficient (Wildman–Crippen LogP) is 4.73. The summed E-state index contributed by atoms with van der Waals surface area (Å²) < 4.78 is 39.8. The first-order valence-corrected chi connectivity index (χ1v) is 18.7. The zero-order valence-electron chi connectivity index (χ0n) is 27.8. The van der Waals surface area contributed by atoms with Crippen LogP contribution in [-0.2, 0) is 30.9 Å². The van der Waals surface area contributed by atoms with Gasteiger partial charge in [0.1, 0.15) is 13.2 Å². The maximum absolute atomic E-state index is 13.6. The zero-order chi connectivity index (χ0) is 34.8. The number of ether oxygens (including phenoxy) is 2. The Morgan fingerprint density at radius 2 is 1.65 bits per heavy atom. The highest BCUT2D eigenvalue weighted by atomic mass is 32.2. The Kier molecular flexibility index (Phi) is 10.2. The molecule has 3 heterocycles. The van der Waals surface area contributed by atoms with Crippen LogP contribution in [0.25, 0.3) is 0 Å². The molecule has 2 aromatic carbocycles. The molecular formula is C36H44N4O8S. The number of nitriles is 1. The van der Waals surface area contributed by atoms with Crippen LogP contribution < -0.4 is 0 Å². The average Bonchev–Trinajstić information content (AvgIpc) is 3.81. The van der Waals surface area contributed by atoms with Crippen LogP contribution in [0.1, 0.15) is 66.7 Å². The van der Waals surface area contributed by atoms with E-state index >= 15 is 0 Å². The van der Waals surface area contributed by atoms with Crippen LogP contribution in [0.3, 0.4) is 0 Å². The second-order valence-electron chi connectivity index (χ2n) is 14.1. The second-order valence-corrected chi connectivity index (χ2v) is 16.1. The van der Waals surface area contributed by atoms with Gasteiger partial charge in [0.2, 0.25) is 10.0 Å². The number of carbonyl (C=O) groups is 3. The van der Waals surface area contributed by atoms with Crippen molar-refractivity contribution in [1.29, 1.82) is 5.26 Å². The van der Waals surface area contributed by atoms with Gasteiger partial charge in [-0.1, -0.05) is 36.4 Å². The molecule has 3 saturated heterocycles. The third-order valence-corrected chi connectivity index (χ3v) is 13.0. The number of carbonyl (C=O) groups excluding carboxylic acids is 2. The number of piperidine rings is 1. The smallest absolute Gasteiger partial charge is 0.410 e. The number of carboxylic acids is 1. The fourth-order valence-electron chi connectivity index (χ4n) is 8.39. The molecule has 0 spiro atoms. The Morgan fingerprint density at radius 3 is 2.29 bits per heavy atom. The van der Waals surface area contributed by atoms with Crippen molar-refractivity contribution in [2.24, 2.45) is 17.3 Å². The number of aliphatic carboxylic acids is 1. The van der Waals surface area contributed by atoms with E-state index in [-0.39, 0.29) is 49.9 Å². The fourth-order valence-corrected chi connectivity index (χ4v) is 10.4. The van der Waals surface area contributed by atoms with E-state index in [0.29, 0.717) is 57.5 Å². The van der Waals surface area contributed by atoms with Gasteiger partial charge in [-0.15, -0.1) is 0 Å². The van der Waals surface area contributed by atoms with Gasteiger partial charge in [-0.05, 0) is 92.0 Å². The van der Waals surface area contributed by atoms with E-state index in [1.54, 1.807) is 15.9 Å². The van der Waals surface area contributed by atoms with Crippen molar-refractivity contribution >= 4 is 28.2 Å². The molecule has 0 bridgehead atoms. The van der Waals surface area contributed by atoms with Gasteiger partial charge < -0.3 is 24.4 Å². The Bertz CT molecular complexity index is 1690. The molecular weight excluding hydrogens is 648 g/mol. The largest absolute Gasteiger partial charge is 0.481 e. The summed E-state index contributed by atoms with van der Waals surface area (Å²) >= 11 is 0. The van der Waals surface area contributed by atoms with Gasteiger partial charge >= 0.3 is 18.2 Å². The molecule has 3 aliphatic heterocycles. The van der Waals surface area contributed by atoms with Crippen LogP contribution in [-0.4, -0.2) is 96.9 Å². The standard InChI is InChI=1S/C36H44N4O8S/c1-25-16-27(19-37)9-10-32(25)28-11-14-39(15-12-28)49(45,46)24-36(33(41)42)17-29-20-38(21-30(29)18-36)34(43)48-23-31-8-5-13-40(31)35(44)47-22-26-6-3-2-4-7-26/h2-4,6-7,9-10,16,28-31H,5,8,11-15,17-18,20-24H2,1H3,(H,41,42)/t29-,30-,31-/m0/s1. The van der Waals surface area contributed by atoms with Crippen LogP contribution in [0.5, 0.6) is 0 Å². The van der Waals surface area contributed by atoms with Gasteiger partial charge in [0, 0.05) is 32.7 Å². The average molecular weight is 693 g/mol. The van der Waals surface area contributed by atoms with Gasteiger partial charge in [0.15, 0.2) is 0 Å². The first kappa shape index (κ1) is 34.7. The van der Waals surface area contributed by atoms with Gasteiger partial charge in [0.05, 0.1) is 28.8 Å². The molecule has 0 radical (unpaired) electrons. The Hall–Kier alpha value is -4.15. The van der Waals surface area contributed by atoms with E-state index in [2.05, 4.69) is 6.07 Å². The molecule has 4 fully saturated rings. The Labute approximate surface area is 287 Å². The summed E-state index contributed by atoms with van der Waals surface area (Å²) in [5.41, 5.74) is 2.20. The van der Waals surface area contributed by atoms with E-state index in [4.69, 9.17) is 9.47 Å². The van der Waals surface area contributed by atoms with Crippen LogP contribution >= 0.6 is 0 Å². The van der Waals surface area contributed by atoms with Crippen molar-refractivity contribution in [3.63, 3.8) is 0 Å². The van der Waals surface area contributed by atoms with Gasteiger partial charge in [0.25, 0.3) is 0 Å². The third-order valence-electron chi connectivity index (χ3n) is 11.0. The molecule has 0 unspecified atom stereocenters. The van der Waals surface area contributed by atoms with E-state index in [9.17, 15) is 33.2 Å². The summed E-state index contributed by atoms with van der Waals surface area (Å²) in [6.07, 6.45) is 2.15. The lowest BCUT2D eigenvalue weighted by atomic mass is 9.87. The summed E-state index contributed by atoms with van der Waals surface area (Å²) in [6, 6.07) is 16.9. The van der Waals surface area contributed by atoms with Crippen LogP contribution in [0.15, 0.2) is 48.5 Å². The molecule has 1 N–H and O–H groups in total. The van der Waals surface area contributed by atoms with Crippen molar-refractivity contribution in [3.8, 4) is 6.07 Å². The number of fused-ring (bicyclic) bond motifs is 1. The lowest BCUT2D eigenvalue weighted by Gasteiger charge is -2.35. The molecule has 1 aliphatic carbocycles. The minimum absolute atomic E-state index is 0.0455. The molecule has 1 saturated carbocycles. The highest BCUT2D eigenvalue weighted by Crippen LogP contribution is 2.50. The highest BCUT2D eigenvalue weighted by Gasteiger charge is 2.56. The number of amides is 2. The molecule has 12 nitrogen and oxygen atoms in total. The summed E-state index contributed by atoms with van der Waals surface area (Å²) in [6.45, 7) is 3.95. The summed E-state index contributed by atoms with van der Waals surface area (Å²) in [7, 11) is -3.85. The minimum Gasteiger partial charge on any atom is -0.481 e. The number of hydrogen-bond acceptors (Lipinski definition) is 8.